The van der Waals surface area contributed by atoms with Crippen molar-refractivity contribution in [3.8, 4) is 0 Å². The van der Waals surface area contributed by atoms with E-state index >= 15 is 0 Å². The Labute approximate surface area is 212 Å². The maximum Gasteiger partial charge on any atom is 0.244 e. The van der Waals surface area contributed by atoms with Crippen molar-refractivity contribution in [3.63, 3.8) is 0 Å². The van der Waals surface area contributed by atoms with E-state index in [1.54, 1.807) is 43.3 Å². The molecule has 2 aromatic carbocycles. The van der Waals surface area contributed by atoms with Gasteiger partial charge in [0.15, 0.2) is 0 Å². The molecular formula is C24H31Cl2N3O4S. The Bertz CT molecular complexity index is 1160. The molecule has 1 N–H and O–H groups in total. The van der Waals surface area contributed by atoms with E-state index in [2.05, 4.69) is 5.32 Å². The van der Waals surface area contributed by atoms with Crippen LogP contribution in [0, 0.1) is 6.92 Å². The quantitative estimate of drug-likeness (QED) is 0.551. The lowest BCUT2D eigenvalue weighted by Gasteiger charge is -2.33. The summed E-state index contributed by atoms with van der Waals surface area (Å²) in [5, 5.41) is 3.65. The van der Waals surface area contributed by atoms with Crippen molar-refractivity contribution in [2.75, 3.05) is 17.1 Å². The summed E-state index contributed by atoms with van der Waals surface area (Å²) in [7, 11) is -3.78. The van der Waals surface area contributed by atoms with Crippen LogP contribution in [0.2, 0.25) is 10.0 Å². The first-order valence-corrected chi connectivity index (χ1v) is 13.3. The van der Waals surface area contributed by atoms with Crippen LogP contribution in [0.25, 0.3) is 0 Å². The van der Waals surface area contributed by atoms with Crippen molar-refractivity contribution >= 4 is 50.7 Å². The minimum Gasteiger partial charge on any atom is -0.350 e. The topological polar surface area (TPSA) is 86.8 Å². The van der Waals surface area contributed by atoms with Gasteiger partial charge >= 0.3 is 0 Å². The highest BCUT2D eigenvalue weighted by atomic mass is 35.5. The smallest absolute Gasteiger partial charge is 0.244 e. The molecule has 0 radical (unpaired) electrons. The number of rotatable bonds is 8. The third-order valence-corrected chi connectivity index (χ3v) is 6.72. The molecule has 2 aromatic rings. The van der Waals surface area contributed by atoms with Crippen molar-refractivity contribution < 1.29 is 18.0 Å². The van der Waals surface area contributed by atoms with Gasteiger partial charge in [-0.1, -0.05) is 41.4 Å². The number of amides is 2. The van der Waals surface area contributed by atoms with Crippen LogP contribution in [0.5, 0.6) is 0 Å². The summed E-state index contributed by atoms with van der Waals surface area (Å²) in [4.78, 5) is 27.8. The number of carbonyl (C=O) groups is 2. The summed E-state index contributed by atoms with van der Waals surface area (Å²) in [5.41, 5.74) is 1.28. The van der Waals surface area contributed by atoms with Crippen LogP contribution in [0.3, 0.4) is 0 Å². The number of aryl methyl sites for hydroxylation is 1. The van der Waals surface area contributed by atoms with Crippen molar-refractivity contribution in [1.29, 1.82) is 0 Å². The Morgan fingerprint density at radius 1 is 1.09 bits per heavy atom. The van der Waals surface area contributed by atoms with Gasteiger partial charge in [0, 0.05) is 22.1 Å². The molecule has 10 heteroatoms. The molecule has 0 aliphatic carbocycles. The predicted molar refractivity (Wildman–Crippen MR) is 138 cm³/mol. The fourth-order valence-corrected chi connectivity index (χ4v) is 4.60. The van der Waals surface area contributed by atoms with E-state index in [1.165, 1.54) is 4.90 Å². The Hall–Kier alpha value is -2.29. The fourth-order valence-electron chi connectivity index (χ4n) is 3.29. The van der Waals surface area contributed by atoms with E-state index in [4.69, 9.17) is 23.2 Å². The van der Waals surface area contributed by atoms with Gasteiger partial charge in [0.05, 0.1) is 11.9 Å². The standard InChI is InChI=1S/C24H31Cl2N3O4S/c1-16-8-7-9-20(12-16)29(34(6,32)33)15-22(30)28(17(2)23(31)27-24(3,4)5)14-18-10-11-19(25)13-21(18)26/h7-13,17H,14-15H2,1-6H3,(H,27,31)/t17-/m1/s1. The lowest BCUT2D eigenvalue weighted by atomic mass is 10.1. The zero-order chi connectivity index (χ0) is 25.8. The molecule has 7 nitrogen and oxygen atoms in total. The Morgan fingerprint density at radius 3 is 2.26 bits per heavy atom. The number of nitrogens with zero attached hydrogens (tertiary/aromatic N) is 2. The van der Waals surface area contributed by atoms with Crippen molar-refractivity contribution in [2.45, 2.75) is 52.7 Å². The first-order valence-electron chi connectivity index (χ1n) is 10.7. The Morgan fingerprint density at radius 2 is 1.74 bits per heavy atom. The van der Waals surface area contributed by atoms with Crippen molar-refractivity contribution in [3.05, 3.63) is 63.6 Å². The van der Waals surface area contributed by atoms with Crippen LogP contribution < -0.4 is 9.62 Å². The summed E-state index contributed by atoms with van der Waals surface area (Å²) in [6.45, 7) is 8.47. The summed E-state index contributed by atoms with van der Waals surface area (Å²) in [6, 6.07) is 10.8. The summed E-state index contributed by atoms with van der Waals surface area (Å²) in [5.74, 6) is -0.915. The second kappa shape index (κ2) is 11.0. The van der Waals surface area contributed by atoms with Gasteiger partial charge in [-0.05, 0) is 70.0 Å². The van der Waals surface area contributed by atoms with E-state index < -0.39 is 34.1 Å². The average Bonchev–Trinajstić information content (AvgIpc) is 2.68. The Kier molecular flexibility index (Phi) is 9.02. The van der Waals surface area contributed by atoms with Crippen molar-refractivity contribution in [1.82, 2.24) is 10.2 Å². The third kappa shape index (κ3) is 7.89. The molecule has 0 aromatic heterocycles. The monoisotopic (exact) mass is 527 g/mol. The number of carbonyl (C=O) groups excluding carboxylic acids is 2. The maximum absolute atomic E-state index is 13.5. The van der Waals surface area contributed by atoms with E-state index in [0.29, 0.717) is 21.3 Å². The lowest BCUT2D eigenvalue weighted by Crippen LogP contribution is -2.54. The molecule has 0 aliphatic heterocycles. The van der Waals surface area contributed by atoms with Crippen LogP contribution in [0.15, 0.2) is 42.5 Å². The first-order chi connectivity index (χ1) is 15.6. The van der Waals surface area contributed by atoms with Crippen molar-refractivity contribution in [2.24, 2.45) is 0 Å². The van der Waals surface area contributed by atoms with Crippen LogP contribution >= 0.6 is 23.2 Å². The van der Waals surface area contributed by atoms with Gasteiger partial charge in [0.1, 0.15) is 12.6 Å². The number of hydrogen-bond acceptors (Lipinski definition) is 4. The molecule has 2 rings (SSSR count). The van der Waals surface area contributed by atoms with Gasteiger partial charge in [0.2, 0.25) is 21.8 Å². The molecule has 0 heterocycles. The van der Waals surface area contributed by atoms with E-state index in [1.807, 2.05) is 33.8 Å². The second-order valence-corrected chi connectivity index (χ2v) is 12.0. The zero-order valence-corrected chi connectivity index (χ0v) is 22.6. The number of benzene rings is 2. The van der Waals surface area contributed by atoms with Crippen LogP contribution in [-0.4, -0.2) is 49.5 Å². The number of anilines is 1. The lowest BCUT2D eigenvalue weighted by molar-refractivity contribution is -0.140. The van der Waals surface area contributed by atoms with Gasteiger partial charge < -0.3 is 10.2 Å². The minimum absolute atomic E-state index is 0.00101. The van der Waals surface area contributed by atoms with E-state index in [9.17, 15) is 18.0 Å². The number of hydrogen-bond donors (Lipinski definition) is 1. The summed E-state index contributed by atoms with van der Waals surface area (Å²) < 4.78 is 26.2. The van der Waals surface area contributed by atoms with E-state index in [-0.39, 0.29) is 12.5 Å². The SMILES string of the molecule is Cc1cccc(N(CC(=O)N(Cc2ccc(Cl)cc2Cl)[C@H](C)C(=O)NC(C)(C)C)S(C)(=O)=O)c1. The molecule has 1 atom stereocenters. The number of halogens is 2. The number of sulfonamides is 1. The molecule has 0 saturated heterocycles. The molecule has 34 heavy (non-hydrogen) atoms. The van der Waals surface area contributed by atoms with Crippen LogP contribution in [0.4, 0.5) is 5.69 Å². The van der Waals surface area contributed by atoms with E-state index in [0.717, 1.165) is 16.1 Å². The predicted octanol–water partition coefficient (Wildman–Crippen LogP) is 4.40. The van der Waals surface area contributed by atoms with Gasteiger partial charge in [-0.3, -0.25) is 13.9 Å². The summed E-state index contributed by atoms with van der Waals surface area (Å²) >= 11 is 12.3. The second-order valence-electron chi connectivity index (χ2n) is 9.28. The van der Waals surface area contributed by atoms with Crippen LogP contribution in [-0.2, 0) is 26.2 Å². The fraction of sp³-hybridized carbons (Fsp3) is 0.417. The maximum atomic E-state index is 13.5. The van der Waals surface area contributed by atoms with Gasteiger partial charge in [-0.2, -0.15) is 0 Å². The first kappa shape index (κ1) is 28.0. The molecule has 0 saturated carbocycles. The molecule has 0 fully saturated rings. The largest absolute Gasteiger partial charge is 0.350 e. The molecule has 2 amide bonds. The van der Waals surface area contributed by atoms with Crippen LogP contribution in [0.1, 0.15) is 38.8 Å². The molecule has 0 spiro atoms. The minimum atomic E-state index is -3.78. The molecule has 0 bridgehead atoms. The van der Waals surface area contributed by atoms with Gasteiger partial charge in [-0.25, -0.2) is 8.42 Å². The Balaban J connectivity index is 2.44. The molecular weight excluding hydrogens is 497 g/mol. The molecule has 186 valence electrons. The third-order valence-electron chi connectivity index (χ3n) is 4.99. The molecule has 0 aliphatic rings. The van der Waals surface area contributed by atoms with Gasteiger partial charge in [0.25, 0.3) is 0 Å². The van der Waals surface area contributed by atoms with Gasteiger partial charge in [-0.15, -0.1) is 0 Å². The highest BCUT2D eigenvalue weighted by Gasteiger charge is 2.31. The highest BCUT2D eigenvalue weighted by molar-refractivity contribution is 7.92. The summed E-state index contributed by atoms with van der Waals surface area (Å²) in [6.07, 6.45) is 1.04. The normalized spacial score (nSPS) is 12.7. The average molecular weight is 529 g/mol. The number of nitrogens with one attached hydrogen (secondary N) is 1. The highest BCUT2D eigenvalue weighted by Crippen LogP contribution is 2.24. The zero-order valence-electron chi connectivity index (χ0n) is 20.2. The molecule has 0 unspecified atom stereocenters.